The van der Waals surface area contributed by atoms with Crippen molar-refractivity contribution in [1.29, 1.82) is 0 Å². The van der Waals surface area contributed by atoms with Crippen LogP contribution < -0.4 is 0 Å². The van der Waals surface area contributed by atoms with E-state index in [-0.39, 0.29) is 5.41 Å². The molecule has 0 spiro atoms. The van der Waals surface area contributed by atoms with Gasteiger partial charge in [0.15, 0.2) is 0 Å². The Labute approximate surface area is 105 Å². The zero-order chi connectivity index (χ0) is 13.0. The Morgan fingerprint density at radius 1 is 1.29 bits per heavy atom. The van der Waals surface area contributed by atoms with Crippen molar-refractivity contribution in [3.05, 3.63) is 28.3 Å². The molecule has 0 radical (unpaired) electrons. The third kappa shape index (κ3) is 1.76. The molecule has 2 rings (SSSR count). The molecule has 1 N–H and O–H groups in total. The van der Waals surface area contributed by atoms with Crippen molar-refractivity contribution >= 4 is 0 Å². The summed E-state index contributed by atoms with van der Waals surface area (Å²) in [7, 11) is 0. The number of hydrogen-bond acceptors (Lipinski definition) is 1. The largest absolute Gasteiger partial charge is 0.508 e. The van der Waals surface area contributed by atoms with E-state index >= 15 is 0 Å². The van der Waals surface area contributed by atoms with Gasteiger partial charge in [0.2, 0.25) is 0 Å². The third-order valence-corrected chi connectivity index (χ3v) is 4.39. The maximum absolute atomic E-state index is 10.0. The number of hydrogen-bond donors (Lipinski definition) is 1. The molecule has 1 nitrogen and oxygen atoms in total. The minimum Gasteiger partial charge on any atom is -0.508 e. The first kappa shape index (κ1) is 12.5. The predicted molar refractivity (Wildman–Crippen MR) is 72.8 cm³/mol. The lowest BCUT2D eigenvalue weighted by Gasteiger charge is -2.22. The van der Waals surface area contributed by atoms with E-state index in [9.17, 15) is 5.11 Å². The van der Waals surface area contributed by atoms with Gasteiger partial charge in [-0.15, -0.1) is 0 Å². The lowest BCUT2D eigenvalue weighted by atomic mass is 9.83. The number of aromatic hydroxyl groups is 1. The topological polar surface area (TPSA) is 20.2 Å². The van der Waals surface area contributed by atoms with Crippen molar-refractivity contribution in [2.45, 2.75) is 59.3 Å². The standard InChI is InChI=1S/C16H24O/c1-9(2)12-8-16(5,6)15-10(3)7-13(17)11(4)14(12)15/h7,9,12,17H,8H2,1-6H3. The molecule has 1 heteroatoms. The van der Waals surface area contributed by atoms with Crippen LogP contribution in [0.4, 0.5) is 0 Å². The summed E-state index contributed by atoms with van der Waals surface area (Å²) in [4.78, 5) is 0. The van der Waals surface area contributed by atoms with Crippen LogP contribution in [-0.4, -0.2) is 5.11 Å². The number of phenols is 1. The van der Waals surface area contributed by atoms with E-state index in [0.717, 1.165) is 5.56 Å². The molecule has 1 aliphatic rings. The van der Waals surface area contributed by atoms with Gasteiger partial charge in [-0.25, -0.2) is 0 Å². The Kier molecular flexibility index (Phi) is 2.76. The van der Waals surface area contributed by atoms with Gasteiger partial charge >= 0.3 is 0 Å². The first-order valence-electron chi connectivity index (χ1n) is 6.59. The summed E-state index contributed by atoms with van der Waals surface area (Å²) >= 11 is 0. The lowest BCUT2D eigenvalue weighted by Crippen LogP contribution is -2.14. The van der Waals surface area contributed by atoms with Crippen molar-refractivity contribution in [2.75, 3.05) is 0 Å². The summed E-state index contributed by atoms with van der Waals surface area (Å²) < 4.78 is 0. The molecule has 0 saturated carbocycles. The highest BCUT2D eigenvalue weighted by Gasteiger charge is 2.40. The van der Waals surface area contributed by atoms with Gasteiger partial charge in [0, 0.05) is 0 Å². The van der Waals surface area contributed by atoms with Crippen molar-refractivity contribution in [2.24, 2.45) is 5.92 Å². The molecular weight excluding hydrogens is 208 g/mol. The molecule has 0 fully saturated rings. The number of phenolic OH excluding ortho intramolecular Hbond substituents is 1. The van der Waals surface area contributed by atoms with Gasteiger partial charge in [-0.1, -0.05) is 27.7 Å². The molecule has 0 aliphatic heterocycles. The van der Waals surface area contributed by atoms with Gasteiger partial charge in [0.1, 0.15) is 5.75 Å². The monoisotopic (exact) mass is 232 g/mol. The second-order valence-corrected chi connectivity index (χ2v) is 6.56. The van der Waals surface area contributed by atoms with E-state index in [1.165, 1.54) is 23.1 Å². The second-order valence-electron chi connectivity index (χ2n) is 6.56. The molecule has 0 aromatic heterocycles. The van der Waals surface area contributed by atoms with Gasteiger partial charge in [0.05, 0.1) is 0 Å². The molecule has 0 heterocycles. The summed E-state index contributed by atoms with van der Waals surface area (Å²) in [6.07, 6.45) is 1.20. The third-order valence-electron chi connectivity index (χ3n) is 4.39. The quantitative estimate of drug-likeness (QED) is 0.759. The number of benzene rings is 1. The van der Waals surface area contributed by atoms with Crippen LogP contribution >= 0.6 is 0 Å². The first-order chi connectivity index (χ1) is 7.75. The molecular formula is C16H24O. The fraction of sp³-hybridized carbons (Fsp3) is 0.625. The Hall–Kier alpha value is -0.980. The highest BCUT2D eigenvalue weighted by Crippen LogP contribution is 2.52. The Morgan fingerprint density at radius 3 is 2.41 bits per heavy atom. The molecule has 1 atom stereocenters. The predicted octanol–water partition coefficient (Wildman–Crippen LogP) is 4.43. The van der Waals surface area contributed by atoms with Crippen molar-refractivity contribution in [3.63, 3.8) is 0 Å². The number of aryl methyl sites for hydroxylation is 1. The van der Waals surface area contributed by atoms with E-state index < -0.39 is 0 Å². The van der Waals surface area contributed by atoms with E-state index in [1.54, 1.807) is 0 Å². The normalized spacial score (nSPS) is 21.9. The summed E-state index contributed by atoms with van der Waals surface area (Å²) in [5.41, 5.74) is 5.48. The van der Waals surface area contributed by atoms with Gasteiger partial charge < -0.3 is 5.11 Å². The average Bonchev–Trinajstić information content (AvgIpc) is 2.47. The fourth-order valence-electron chi connectivity index (χ4n) is 3.61. The highest BCUT2D eigenvalue weighted by atomic mass is 16.3. The van der Waals surface area contributed by atoms with Crippen LogP contribution in [0.1, 0.15) is 62.3 Å². The Bertz CT molecular complexity index is 455. The SMILES string of the molecule is Cc1cc(O)c(C)c2c1C(C)(C)CC2C(C)C. The number of rotatable bonds is 1. The molecule has 0 bridgehead atoms. The van der Waals surface area contributed by atoms with E-state index in [2.05, 4.69) is 41.5 Å². The lowest BCUT2D eigenvalue weighted by molar-refractivity contribution is 0.407. The minimum atomic E-state index is 0.243. The van der Waals surface area contributed by atoms with Crippen molar-refractivity contribution in [1.82, 2.24) is 0 Å². The highest BCUT2D eigenvalue weighted by molar-refractivity contribution is 5.55. The average molecular weight is 232 g/mol. The molecule has 0 saturated heterocycles. The van der Waals surface area contributed by atoms with Crippen LogP contribution in [-0.2, 0) is 5.41 Å². The van der Waals surface area contributed by atoms with Gasteiger partial charge in [-0.3, -0.25) is 0 Å². The van der Waals surface area contributed by atoms with Gasteiger partial charge in [-0.2, -0.15) is 0 Å². The fourth-order valence-corrected chi connectivity index (χ4v) is 3.61. The summed E-state index contributed by atoms with van der Waals surface area (Å²) in [5, 5.41) is 10.0. The van der Waals surface area contributed by atoms with E-state index in [0.29, 0.717) is 17.6 Å². The zero-order valence-electron chi connectivity index (χ0n) is 11.9. The molecule has 0 amide bonds. The van der Waals surface area contributed by atoms with Crippen LogP contribution in [0, 0.1) is 19.8 Å². The molecule has 1 aliphatic carbocycles. The molecule has 17 heavy (non-hydrogen) atoms. The van der Waals surface area contributed by atoms with E-state index in [1.807, 2.05) is 6.07 Å². The second kappa shape index (κ2) is 3.76. The molecule has 1 aromatic rings. The van der Waals surface area contributed by atoms with Crippen molar-refractivity contribution in [3.8, 4) is 5.75 Å². The van der Waals surface area contributed by atoms with Crippen LogP contribution in [0.25, 0.3) is 0 Å². The van der Waals surface area contributed by atoms with Crippen LogP contribution in [0.5, 0.6) is 5.75 Å². The van der Waals surface area contributed by atoms with Crippen LogP contribution in [0.2, 0.25) is 0 Å². The van der Waals surface area contributed by atoms with Crippen molar-refractivity contribution < 1.29 is 5.11 Å². The maximum atomic E-state index is 10.0. The van der Waals surface area contributed by atoms with E-state index in [4.69, 9.17) is 0 Å². The van der Waals surface area contributed by atoms with Crippen LogP contribution in [0.15, 0.2) is 6.07 Å². The van der Waals surface area contributed by atoms with Gasteiger partial charge in [0.25, 0.3) is 0 Å². The summed E-state index contributed by atoms with van der Waals surface area (Å²) in [6, 6.07) is 1.93. The Balaban J connectivity index is 2.74. The molecule has 94 valence electrons. The smallest absolute Gasteiger partial charge is 0.119 e. The summed E-state index contributed by atoms with van der Waals surface area (Å²) in [5.74, 6) is 1.69. The molecule has 1 aromatic carbocycles. The first-order valence-corrected chi connectivity index (χ1v) is 6.59. The molecule has 1 unspecified atom stereocenters. The minimum absolute atomic E-state index is 0.243. The van der Waals surface area contributed by atoms with Gasteiger partial charge in [-0.05, 0) is 65.8 Å². The summed E-state index contributed by atoms with van der Waals surface area (Å²) in [6.45, 7) is 13.4. The number of fused-ring (bicyclic) bond motifs is 1. The van der Waals surface area contributed by atoms with Crippen LogP contribution in [0.3, 0.4) is 0 Å². The Morgan fingerprint density at radius 2 is 1.88 bits per heavy atom. The zero-order valence-corrected chi connectivity index (χ0v) is 11.9. The maximum Gasteiger partial charge on any atom is 0.119 e.